The minimum Gasteiger partial charge on any atom is -0.393 e. The molecule has 140 valence electrons. The summed E-state index contributed by atoms with van der Waals surface area (Å²) < 4.78 is 1.63. The van der Waals surface area contributed by atoms with E-state index in [1.54, 1.807) is 30.3 Å². The number of aryl methyl sites for hydroxylation is 1. The summed E-state index contributed by atoms with van der Waals surface area (Å²) >= 11 is 0. The van der Waals surface area contributed by atoms with E-state index in [0.29, 0.717) is 12.2 Å². The monoisotopic (exact) mass is 375 g/mol. The number of nitrogens with one attached hydrogen (secondary N) is 1. The molecule has 28 heavy (non-hydrogen) atoms. The van der Waals surface area contributed by atoms with Gasteiger partial charge in [0, 0.05) is 36.9 Å². The highest BCUT2D eigenvalue weighted by molar-refractivity contribution is 5.80. The quantitative estimate of drug-likeness (QED) is 0.405. The Balaban J connectivity index is 1.68. The number of nitrogen functional groups attached to an aromatic ring is 1. The predicted molar refractivity (Wildman–Crippen MR) is 107 cm³/mol. The van der Waals surface area contributed by atoms with Gasteiger partial charge in [-0.05, 0) is 29.8 Å². The summed E-state index contributed by atoms with van der Waals surface area (Å²) in [6.07, 6.45) is 5.14. The summed E-state index contributed by atoms with van der Waals surface area (Å²) in [5.74, 6) is 0.120. The smallest absolute Gasteiger partial charge is 0.334 e. The van der Waals surface area contributed by atoms with Crippen molar-refractivity contribution in [3.05, 3.63) is 70.7 Å². The summed E-state index contributed by atoms with van der Waals surface area (Å²) in [7, 11) is 1.78. The van der Waals surface area contributed by atoms with Crippen molar-refractivity contribution in [3.8, 4) is 11.3 Å². The zero-order chi connectivity index (χ0) is 19.7. The highest BCUT2D eigenvalue weighted by Crippen LogP contribution is 2.33. The molecule has 4 aromatic rings. The molecule has 0 radical (unpaired) electrons. The van der Waals surface area contributed by atoms with Crippen molar-refractivity contribution in [2.75, 3.05) is 11.1 Å². The number of anilines is 2. The standard InChI is InChI=1S/C19H17N7O2/c1-25-11-14(10-23-25)17-8-15(20)18(26(27)28)19(24-17)22-9-12-4-5-16-13(7-12)3-2-6-21-16/h2-8,10-11H,9H2,1H3,(H3,20,22,24). The lowest BCUT2D eigenvalue weighted by molar-refractivity contribution is -0.383. The lowest BCUT2D eigenvalue weighted by atomic mass is 10.1. The van der Waals surface area contributed by atoms with E-state index < -0.39 is 4.92 Å². The van der Waals surface area contributed by atoms with Crippen LogP contribution in [-0.2, 0) is 13.6 Å². The van der Waals surface area contributed by atoms with Crippen LogP contribution in [0.2, 0.25) is 0 Å². The highest BCUT2D eigenvalue weighted by Gasteiger charge is 2.22. The number of nitro groups is 1. The van der Waals surface area contributed by atoms with Crippen LogP contribution in [0.15, 0.2) is 55.0 Å². The molecule has 0 aliphatic rings. The van der Waals surface area contributed by atoms with Gasteiger partial charge in [0.1, 0.15) is 5.69 Å². The van der Waals surface area contributed by atoms with E-state index >= 15 is 0 Å². The average Bonchev–Trinajstić information content (AvgIpc) is 3.12. The topological polar surface area (TPSA) is 125 Å². The van der Waals surface area contributed by atoms with Crippen LogP contribution < -0.4 is 11.1 Å². The van der Waals surface area contributed by atoms with Crippen LogP contribution in [0.4, 0.5) is 17.2 Å². The van der Waals surface area contributed by atoms with Gasteiger partial charge >= 0.3 is 5.69 Å². The predicted octanol–water partition coefficient (Wildman–Crippen LogP) is 3.13. The maximum atomic E-state index is 11.5. The molecular formula is C19H17N7O2. The third kappa shape index (κ3) is 3.32. The first-order valence-electron chi connectivity index (χ1n) is 8.53. The second kappa shape index (κ2) is 6.95. The Morgan fingerprint density at radius 2 is 2.14 bits per heavy atom. The fraction of sp³-hybridized carbons (Fsp3) is 0.105. The number of benzene rings is 1. The van der Waals surface area contributed by atoms with Crippen molar-refractivity contribution < 1.29 is 4.92 Å². The molecule has 0 spiro atoms. The maximum Gasteiger partial charge on any atom is 0.334 e. The molecule has 0 atom stereocenters. The Morgan fingerprint density at radius 3 is 2.89 bits per heavy atom. The number of rotatable bonds is 5. The molecule has 4 rings (SSSR count). The molecule has 0 aliphatic heterocycles. The van der Waals surface area contributed by atoms with Gasteiger partial charge in [0.2, 0.25) is 5.82 Å². The molecule has 0 fully saturated rings. The largest absolute Gasteiger partial charge is 0.393 e. The molecule has 0 unspecified atom stereocenters. The minimum absolute atomic E-state index is 0.0454. The van der Waals surface area contributed by atoms with Crippen molar-refractivity contribution >= 4 is 28.1 Å². The van der Waals surface area contributed by atoms with E-state index in [1.165, 1.54) is 6.07 Å². The van der Waals surface area contributed by atoms with Crippen LogP contribution in [0.25, 0.3) is 22.2 Å². The van der Waals surface area contributed by atoms with Crippen molar-refractivity contribution in [1.82, 2.24) is 19.7 Å². The molecular weight excluding hydrogens is 358 g/mol. The molecule has 9 nitrogen and oxygen atoms in total. The number of fused-ring (bicyclic) bond motifs is 1. The lowest BCUT2D eigenvalue weighted by Crippen LogP contribution is -2.08. The number of nitrogens with zero attached hydrogens (tertiary/aromatic N) is 5. The van der Waals surface area contributed by atoms with Crippen molar-refractivity contribution in [1.29, 1.82) is 0 Å². The summed E-state index contributed by atoms with van der Waals surface area (Å²) in [6, 6.07) is 11.1. The van der Waals surface area contributed by atoms with E-state index in [1.807, 2.05) is 30.3 Å². The third-order valence-electron chi connectivity index (χ3n) is 4.33. The summed E-state index contributed by atoms with van der Waals surface area (Å²) in [5.41, 5.74) is 8.83. The molecule has 0 saturated carbocycles. The second-order valence-corrected chi connectivity index (χ2v) is 6.34. The minimum atomic E-state index is -0.526. The molecule has 0 bridgehead atoms. The number of pyridine rings is 2. The summed E-state index contributed by atoms with van der Waals surface area (Å²) in [4.78, 5) is 19.7. The van der Waals surface area contributed by atoms with Crippen molar-refractivity contribution in [2.24, 2.45) is 7.05 Å². The van der Waals surface area contributed by atoms with E-state index in [-0.39, 0.29) is 17.2 Å². The lowest BCUT2D eigenvalue weighted by Gasteiger charge is -2.10. The van der Waals surface area contributed by atoms with Gasteiger partial charge in [0.05, 0.1) is 22.3 Å². The molecule has 0 amide bonds. The van der Waals surface area contributed by atoms with Gasteiger partial charge in [-0.3, -0.25) is 19.8 Å². The Bertz CT molecular complexity index is 1190. The molecule has 3 aromatic heterocycles. The molecule has 0 aliphatic carbocycles. The van der Waals surface area contributed by atoms with Gasteiger partial charge in [-0.15, -0.1) is 0 Å². The fourth-order valence-electron chi connectivity index (χ4n) is 3.00. The highest BCUT2D eigenvalue weighted by atomic mass is 16.6. The molecule has 3 N–H and O–H groups in total. The Labute approximate surface area is 160 Å². The van der Waals surface area contributed by atoms with Crippen LogP contribution in [0.5, 0.6) is 0 Å². The molecule has 1 aromatic carbocycles. The van der Waals surface area contributed by atoms with Crippen LogP contribution in [0, 0.1) is 10.1 Å². The van der Waals surface area contributed by atoms with Crippen LogP contribution >= 0.6 is 0 Å². The van der Waals surface area contributed by atoms with Gasteiger partial charge in [-0.25, -0.2) is 4.98 Å². The fourth-order valence-corrected chi connectivity index (χ4v) is 3.00. The first-order chi connectivity index (χ1) is 13.5. The van der Waals surface area contributed by atoms with Crippen LogP contribution in [0.1, 0.15) is 5.56 Å². The Kier molecular flexibility index (Phi) is 4.32. The number of aromatic nitrogens is 4. The van der Waals surface area contributed by atoms with Gasteiger partial charge in [0.15, 0.2) is 0 Å². The third-order valence-corrected chi connectivity index (χ3v) is 4.33. The van der Waals surface area contributed by atoms with Gasteiger partial charge in [-0.2, -0.15) is 5.10 Å². The van der Waals surface area contributed by atoms with Crippen LogP contribution in [-0.4, -0.2) is 24.7 Å². The maximum absolute atomic E-state index is 11.5. The Morgan fingerprint density at radius 1 is 1.29 bits per heavy atom. The van der Waals surface area contributed by atoms with Gasteiger partial charge in [-0.1, -0.05) is 12.1 Å². The normalized spacial score (nSPS) is 10.9. The SMILES string of the molecule is Cn1cc(-c2cc(N)c([N+](=O)[O-])c(NCc3ccc4ncccc4c3)n2)cn1. The zero-order valence-electron chi connectivity index (χ0n) is 15.0. The number of hydrogen-bond donors (Lipinski definition) is 2. The molecule has 0 saturated heterocycles. The van der Waals surface area contributed by atoms with Crippen molar-refractivity contribution in [2.45, 2.75) is 6.54 Å². The van der Waals surface area contributed by atoms with E-state index in [0.717, 1.165) is 22.0 Å². The van der Waals surface area contributed by atoms with Crippen LogP contribution in [0.3, 0.4) is 0 Å². The number of hydrogen-bond acceptors (Lipinski definition) is 7. The Hall–Kier alpha value is -4.01. The van der Waals surface area contributed by atoms with E-state index in [9.17, 15) is 10.1 Å². The van der Waals surface area contributed by atoms with Gasteiger partial charge < -0.3 is 11.1 Å². The second-order valence-electron chi connectivity index (χ2n) is 6.34. The van der Waals surface area contributed by atoms with Crippen molar-refractivity contribution in [3.63, 3.8) is 0 Å². The zero-order valence-corrected chi connectivity index (χ0v) is 15.0. The molecule has 3 heterocycles. The van der Waals surface area contributed by atoms with Gasteiger partial charge in [0.25, 0.3) is 0 Å². The molecule has 9 heteroatoms. The first-order valence-corrected chi connectivity index (χ1v) is 8.53. The summed E-state index contributed by atoms with van der Waals surface area (Å²) in [5, 5.41) is 19.7. The van der Waals surface area contributed by atoms with E-state index in [4.69, 9.17) is 5.73 Å². The summed E-state index contributed by atoms with van der Waals surface area (Å²) in [6.45, 7) is 0.356. The van der Waals surface area contributed by atoms with E-state index in [2.05, 4.69) is 20.4 Å². The average molecular weight is 375 g/mol. The number of nitrogens with two attached hydrogens (primary N) is 1. The first kappa shape index (κ1) is 17.4.